The van der Waals surface area contributed by atoms with E-state index in [2.05, 4.69) is 11.0 Å². The van der Waals surface area contributed by atoms with E-state index >= 15 is 0 Å². The first kappa shape index (κ1) is 22.1. The molecule has 1 aliphatic rings. The Bertz CT molecular complexity index is 1140. The zero-order chi connectivity index (χ0) is 22.8. The lowest BCUT2D eigenvalue weighted by Crippen LogP contribution is -2.38. The van der Waals surface area contributed by atoms with Crippen LogP contribution in [0, 0.1) is 19.8 Å². The van der Waals surface area contributed by atoms with E-state index < -0.39 is 0 Å². The largest absolute Gasteiger partial charge is 0.496 e. The van der Waals surface area contributed by atoms with E-state index in [9.17, 15) is 9.59 Å². The summed E-state index contributed by atoms with van der Waals surface area (Å²) in [5, 5.41) is 1.13. The van der Waals surface area contributed by atoms with Crippen molar-refractivity contribution in [2.24, 2.45) is 11.7 Å². The van der Waals surface area contributed by atoms with Gasteiger partial charge in [0.15, 0.2) is 5.78 Å². The Morgan fingerprint density at radius 2 is 1.88 bits per heavy atom. The van der Waals surface area contributed by atoms with Crippen LogP contribution >= 0.6 is 0 Å². The van der Waals surface area contributed by atoms with E-state index in [0.717, 1.165) is 71.4 Å². The third-order valence-electron chi connectivity index (χ3n) is 6.42. The Morgan fingerprint density at radius 3 is 2.56 bits per heavy atom. The second kappa shape index (κ2) is 9.17. The van der Waals surface area contributed by atoms with E-state index in [4.69, 9.17) is 10.5 Å². The number of primary amides is 1. The molecule has 32 heavy (non-hydrogen) atoms. The number of hydrogen-bond acceptors (Lipinski definition) is 4. The molecule has 0 radical (unpaired) electrons. The van der Waals surface area contributed by atoms with E-state index in [1.54, 1.807) is 7.11 Å². The lowest BCUT2D eigenvalue weighted by Gasteiger charge is -2.32. The van der Waals surface area contributed by atoms with Crippen LogP contribution in [-0.2, 0) is 17.9 Å². The van der Waals surface area contributed by atoms with Gasteiger partial charge in [-0.1, -0.05) is 18.2 Å². The normalized spacial score (nSPS) is 16.9. The molecule has 2 heterocycles. The number of methoxy groups -OCH3 is 1. The number of ketones is 1. The Kier molecular flexibility index (Phi) is 6.33. The fourth-order valence-corrected chi connectivity index (χ4v) is 5.05. The van der Waals surface area contributed by atoms with Crippen molar-refractivity contribution in [1.82, 2.24) is 9.47 Å². The number of para-hydroxylation sites is 1. The molecule has 1 unspecified atom stereocenters. The first-order valence-corrected chi connectivity index (χ1v) is 11.1. The number of nitrogens with zero attached hydrogens (tertiary/aromatic N) is 2. The number of carbonyl (C=O) groups is 2. The molecule has 0 aliphatic carbocycles. The number of aromatic nitrogens is 1. The number of fused-ring (bicyclic) bond motifs is 1. The van der Waals surface area contributed by atoms with E-state index in [0.29, 0.717) is 0 Å². The van der Waals surface area contributed by atoms with Crippen molar-refractivity contribution in [3.8, 4) is 5.75 Å². The van der Waals surface area contributed by atoms with Crippen molar-refractivity contribution < 1.29 is 14.3 Å². The van der Waals surface area contributed by atoms with E-state index in [1.165, 1.54) is 0 Å². The van der Waals surface area contributed by atoms with Crippen molar-refractivity contribution in [3.63, 3.8) is 0 Å². The molecule has 1 aromatic heterocycles. The number of Topliss-reactive ketones (excluding diaryl/α,β-unsaturated/α-hetero) is 1. The molecule has 1 fully saturated rings. The van der Waals surface area contributed by atoms with Crippen LogP contribution in [0.4, 0.5) is 0 Å². The van der Waals surface area contributed by atoms with Crippen LogP contribution in [0.1, 0.15) is 39.9 Å². The molecule has 6 heteroatoms. The molecule has 0 spiro atoms. The molecule has 1 amide bonds. The van der Waals surface area contributed by atoms with Gasteiger partial charge in [-0.25, -0.2) is 0 Å². The van der Waals surface area contributed by atoms with Gasteiger partial charge in [0, 0.05) is 41.7 Å². The minimum Gasteiger partial charge on any atom is -0.496 e. The maximum absolute atomic E-state index is 13.3. The molecule has 6 nitrogen and oxygen atoms in total. The monoisotopic (exact) mass is 433 g/mol. The lowest BCUT2D eigenvalue weighted by atomic mass is 9.88. The Hall–Kier alpha value is -3.12. The van der Waals surface area contributed by atoms with Gasteiger partial charge in [0.2, 0.25) is 5.91 Å². The van der Waals surface area contributed by atoms with Crippen LogP contribution in [0.5, 0.6) is 5.75 Å². The molecule has 2 N–H and O–H groups in total. The average Bonchev–Trinajstić information content (AvgIpc) is 3.10. The van der Waals surface area contributed by atoms with Gasteiger partial charge < -0.3 is 15.0 Å². The number of amides is 1. The van der Waals surface area contributed by atoms with Crippen LogP contribution < -0.4 is 10.5 Å². The van der Waals surface area contributed by atoms with Crippen molar-refractivity contribution in [2.75, 3.05) is 20.2 Å². The summed E-state index contributed by atoms with van der Waals surface area (Å²) >= 11 is 0. The predicted molar refractivity (Wildman–Crippen MR) is 126 cm³/mol. The second-order valence-electron chi connectivity index (χ2n) is 8.85. The number of likely N-dealkylation sites (tertiary alicyclic amines) is 1. The molecule has 168 valence electrons. The van der Waals surface area contributed by atoms with Crippen molar-refractivity contribution in [2.45, 2.75) is 39.8 Å². The highest BCUT2D eigenvalue weighted by molar-refractivity contribution is 5.98. The standard InChI is InChI=1S/C26H31N3O3/c1-17-11-20(12-18(2)26(17)32-3)25(31)19-7-6-10-28(13-19)14-21-15-29(16-24(27)30)23-9-5-4-8-22(21)23/h4-5,8-9,11-12,15,19H,6-7,10,13-14,16H2,1-3H3,(H2,27,30). The zero-order valence-electron chi connectivity index (χ0n) is 19.1. The fraction of sp³-hybridized carbons (Fsp3) is 0.385. The number of ether oxygens (including phenoxy) is 1. The van der Waals surface area contributed by atoms with Crippen molar-refractivity contribution in [3.05, 3.63) is 64.8 Å². The number of rotatable bonds is 7. The van der Waals surface area contributed by atoms with Crippen LogP contribution in [0.15, 0.2) is 42.6 Å². The van der Waals surface area contributed by atoms with Gasteiger partial charge in [0.05, 0.1) is 7.11 Å². The average molecular weight is 434 g/mol. The molecular weight excluding hydrogens is 402 g/mol. The van der Waals surface area contributed by atoms with Crippen molar-refractivity contribution in [1.29, 1.82) is 0 Å². The van der Waals surface area contributed by atoms with Gasteiger partial charge >= 0.3 is 0 Å². The molecule has 0 saturated carbocycles. The van der Waals surface area contributed by atoms with E-state index in [-0.39, 0.29) is 24.2 Å². The quantitative estimate of drug-likeness (QED) is 0.574. The minimum absolute atomic E-state index is 0.0186. The highest BCUT2D eigenvalue weighted by Crippen LogP contribution is 2.29. The number of carbonyl (C=O) groups excluding carboxylic acids is 2. The molecule has 1 atom stereocenters. The highest BCUT2D eigenvalue weighted by Gasteiger charge is 2.28. The van der Waals surface area contributed by atoms with Crippen LogP contribution in [-0.4, -0.2) is 41.4 Å². The molecule has 2 aromatic carbocycles. The molecule has 3 aromatic rings. The van der Waals surface area contributed by atoms with Crippen LogP contribution in [0.2, 0.25) is 0 Å². The summed E-state index contributed by atoms with van der Waals surface area (Å²) in [7, 11) is 1.66. The lowest BCUT2D eigenvalue weighted by molar-refractivity contribution is -0.118. The SMILES string of the molecule is COc1c(C)cc(C(=O)C2CCCN(Cc3cn(CC(N)=O)c4ccccc34)C2)cc1C. The van der Waals surface area contributed by atoms with Crippen LogP contribution in [0.3, 0.4) is 0 Å². The van der Waals surface area contributed by atoms with Crippen LogP contribution in [0.25, 0.3) is 10.9 Å². The number of benzene rings is 2. The summed E-state index contributed by atoms with van der Waals surface area (Å²) in [6.07, 6.45) is 3.92. The number of aryl methyl sites for hydroxylation is 2. The molecule has 1 aliphatic heterocycles. The number of piperidine rings is 1. The number of hydrogen-bond donors (Lipinski definition) is 1. The van der Waals surface area contributed by atoms with E-state index in [1.807, 2.05) is 54.9 Å². The van der Waals surface area contributed by atoms with Gasteiger partial charge in [0.25, 0.3) is 0 Å². The van der Waals surface area contributed by atoms with Gasteiger partial charge in [-0.2, -0.15) is 0 Å². The van der Waals surface area contributed by atoms with Gasteiger partial charge in [-0.15, -0.1) is 0 Å². The Labute approximate surface area is 188 Å². The van der Waals surface area contributed by atoms with Gasteiger partial charge in [0.1, 0.15) is 12.3 Å². The first-order chi connectivity index (χ1) is 15.4. The summed E-state index contributed by atoms with van der Waals surface area (Å²) in [5.74, 6) is 0.680. The minimum atomic E-state index is -0.356. The molecule has 1 saturated heterocycles. The second-order valence-corrected chi connectivity index (χ2v) is 8.85. The summed E-state index contributed by atoms with van der Waals surface area (Å²) in [5.41, 5.74) is 10.4. The maximum atomic E-state index is 13.3. The maximum Gasteiger partial charge on any atom is 0.237 e. The summed E-state index contributed by atoms with van der Waals surface area (Å²) in [6.45, 7) is 6.57. The van der Waals surface area contributed by atoms with Gasteiger partial charge in [-0.3, -0.25) is 14.5 Å². The van der Waals surface area contributed by atoms with Gasteiger partial charge in [-0.05, 0) is 68.1 Å². The third-order valence-corrected chi connectivity index (χ3v) is 6.42. The molecule has 4 rings (SSSR count). The Balaban J connectivity index is 1.53. The zero-order valence-corrected chi connectivity index (χ0v) is 19.1. The Morgan fingerprint density at radius 1 is 1.16 bits per heavy atom. The molecular formula is C26H31N3O3. The summed E-state index contributed by atoms with van der Waals surface area (Å²) in [6, 6.07) is 12.0. The van der Waals surface area contributed by atoms with Crippen molar-refractivity contribution >= 4 is 22.6 Å². The summed E-state index contributed by atoms with van der Waals surface area (Å²) < 4.78 is 7.37. The molecule has 0 bridgehead atoms. The smallest absolute Gasteiger partial charge is 0.237 e. The first-order valence-electron chi connectivity index (χ1n) is 11.1. The predicted octanol–water partition coefficient (Wildman–Crippen LogP) is 3.85. The fourth-order valence-electron chi connectivity index (χ4n) is 5.05. The highest BCUT2D eigenvalue weighted by atomic mass is 16.5. The number of nitrogens with two attached hydrogens (primary N) is 1. The third kappa shape index (κ3) is 4.41. The summed E-state index contributed by atoms with van der Waals surface area (Å²) in [4.78, 5) is 27.2. The topological polar surface area (TPSA) is 77.6 Å².